The van der Waals surface area contributed by atoms with Crippen LogP contribution in [0.1, 0.15) is 8.56 Å². The average molecular weight is 775 g/mol. The van der Waals surface area contributed by atoms with E-state index in [-0.39, 0.29) is 317 Å². The first-order valence-corrected chi connectivity index (χ1v) is 4.38. The molecule has 82 valence electrons. The molecule has 0 heterocycles. The topological polar surface area (TPSA) is 172 Å². The molecule has 0 fully saturated rings. The first-order chi connectivity index (χ1) is 4.00. The molecule has 0 aliphatic heterocycles. The summed E-state index contributed by atoms with van der Waals surface area (Å²) >= 11 is 0. The van der Waals surface area contributed by atoms with Gasteiger partial charge >= 0.3 is 250 Å². The number of hydrogen-bond acceptors (Lipinski definition) is 8. The zero-order valence-corrected chi connectivity index (χ0v) is 38.3. The van der Waals surface area contributed by atoms with E-state index in [9.17, 15) is 0 Å². The molecular formula is H6Ca3O8P2Sr3Zn3. The largest absolute Gasteiger partial charge is 2.00 e. The molecule has 0 radical (unpaired) electrons. The maximum atomic E-state index is 8.55. The third kappa shape index (κ3) is 184. The summed E-state index contributed by atoms with van der Waals surface area (Å²) in [7, 11) is -10.8. The van der Waals surface area contributed by atoms with Crippen molar-refractivity contribution in [3.8, 4) is 0 Å². The smallest absolute Gasteiger partial charge is 1.00 e. The first kappa shape index (κ1) is 70.1. The molecule has 19 heteroatoms. The standard InChI is InChI=1S/3Ca.2H3O4P.3Sr.3Zn.6H/c;;;2*1-5(2,3)4;;;;;;;;;;;;/h;;;2*(H3,1,2,3,4);;;;;;;;;;;;/q3*+2;;;3*+2;;;;6*-1/p-6. The summed E-state index contributed by atoms with van der Waals surface area (Å²) in [6, 6.07) is 0. The van der Waals surface area contributed by atoms with Gasteiger partial charge in [0.25, 0.3) is 0 Å². The maximum Gasteiger partial charge on any atom is 2.00 e. The molecule has 0 aromatic heterocycles. The maximum absolute atomic E-state index is 8.55. The molecule has 0 N–H and O–H groups in total. The molecule has 0 rings (SSSR count). The van der Waals surface area contributed by atoms with Crippen LogP contribution in [0.4, 0.5) is 0 Å². The van der Waals surface area contributed by atoms with Crippen molar-refractivity contribution in [2.75, 3.05) is 0 Å². The second kappa shape index (κ2) is 42.4. The molecule has 0 aliphatic carbocycles. The van der Waals surface area contributed by atoms with Crippen LogP contribution in [-0.4, -0.2) is 250 Å². The molecule has 0 bridgehead atoms. The predicted octanol–water partition coefficient (Wildman–Crippen LogP) is -7.27. The van der Waals surface area contributed by atoms with Gasteiger partial charge in [-0.15, -0.1) is 0 Å². The van der Waals surface area contributed by atoms with Crippen LogP contribution in [0.2, 0.25) is 0 Å². The Hall–Kier alpha value is 10.3. The van der Waals surface area contributed by atoms with Crippen LogP contribution in [0.3, 0.4) is 0 Å². The van der Waals surface area contributed by atoms with Gasteiger partial charge in [-0.2, -0.15) is 15.6 Å². The van der Waals surface area contributed by atoms with Crippen molar-refractivity contribution in [1.82, 2.24) is 0 Å². The molecule has 0 aromatic carbocycles. The minimum absolute atomic E-state index is 0. The van der Waals surface area contributed by atoms with Gasteiger partial charge in [-0.3, -0.25) is 0 Å². The van der Waals surface area contributed by atoms with Crippen LogP contribution in [-0.2, 0) is 67.6 Å². The Kier molecular flexibility index (Phi) is 156. The third-order valence-corrected chi connectivity index (χ3v) is 0. The first-order valence-electron chi connectivity index (χ1n) is 1.46. The Bertz CT molecular complexity index is 173. The molecule has 0 atom stereocenters. The molecule has 0 unspecified atom stereocenters. The van der Waals surface area contributed by atoms with Crippen LogP contribution in [0, 0.1) is 0 Å². The summed E-state index contributed by atoms with van der Waals surface area (Å²) in [5, 5.41) is 0. The van der Waals surface area contributed by atoms with Crippen molar-refractivity contribution < 1.29 is 105 Å². The van der Waals surface area contributed by atoms with E-state index in [0.29, 0.717) is 0 Å². The van der Waals surface area contributed by atoms with Crippen molar-refractivity contribution in [3.63, 3.8) is 0 Å². The van der Waals surface area contributed by atoms with Gasteiger partial charge in [0.05, 0.1) is 0 Å². The summed E-state index contributed by atoms with van der Waals surface area (Å²) in [6.07, 6.45) is 0. The monoisotopic (exact) mass is 771 g/mol. The fourth-order valence-electron chi connectivity index (χ4n) is 0. The number of rotatable bonds is 0. The van der Waals surface area contributed by atoms with Crippen molar-refractivity contribution in [1.29, 1.82) is 0 Å². The van der Waals surface area contributed by atoms with E-state index in [4.69, 9.17) is 38.5 Å². The molecule has 8 nitrogen and oxygen atoms in total. The van der Waals surface area contributed by atoms with Gasteiger partial charge in [0.1, 0.15) is 0 Å². The Morgan fingerprint density at radius 1 is 0.526 bits per heavy atom. The molecule has 0 amide bonds. The molecule has 0 spiro atoms. The number of hydrogen-bond donors (Lipinski definition) is 0. The van der Waals surface area contributed by atoms with Crippen LogP contribution in [0.5, 0.6) is 0 Å². The molecule has 19 heavy (non-hydrogen) atoms. The molecular weight excluding hydrogens is 769 g/mol. The zero-order chi connectivity index (χ0) is 9.00. The molecule has 0 aliphatic rings. The summed E-state index contributed by atoms with van der Waals surface area (Å²) in [5.41, 5.74) is 0. The van der Waals surface area contributed by atoms with Crippen LogP contribution in [0.15, 0.2) is 0 Å². The van der Waals surface area contributed by atoms with E-state index in [1.54, 1.807) is 0 Å². The van der Waals surface area contributed by atoms with Gasteiger partial charge in [-0.1, -0.05) is 0 Å². The van der Waals surface area contributed by atoms with Crippen molar-refractivity contribution in [3.05, 3.63) is 0 Å². The Morgan fingerprint density at radius 3 is 0.526 bits per heavy atom. The zero-order valence-electron chi connectivity index (χ0n) is 16.5. The van der Waals surface area contributed by atoms with Gasteiger partial charge in [-0.25, -0.2) is 0 Å². The second-order valence-corrected chi connectivity index (χ2v) is 2.68. The van der Waals surface area contributed by atoms with E-state index in [1.165, 1.54) is 0 Å². The van der Waals surface area contributed by atoms with E-state index in [1.807, 2.05) is 0 Å². The minimum Gasteiger partial charge on any atom is -1.00 e. The van der Waals surface area contributed by atoms with Crippen molar-refractivity contribution in [2.24, 2.45) is 0 Å². The minimum atomic E-state index is -5.39. The second-order valence-electron chi connectivity index (χ2n) is 0.894. The fourth-order valence-corrected chi connectivity index (χ4v) is 0. The Balaban J connectivity index is -0.00000000213. The van der Waals surface area contributed by atoms with E-state index in [0.717, 1.165) is 0 Å². The van der Waals surface area contributed by atoms with Crippen LogP contribution in [0.25, 0.3) is 0 Å². The Morgan fingerprint density at radius 2 is 0.526 bits per heavy atom. The fraction of sp³-hybridized carbons (Fsp3) is 0. The summed E-state index contributed by atoms with van der Waals surface area (Å²) in [5.74, 6) is 0. The van der Waals surface area contributed by atoms with Crippen molar-refractivity contribution >= 4 is 265 Å². The average Bonchev–Trinajstić information content (AvgIpc) is 1.12. The summed E-state index contributed by atoms with van der Waals surface area (Å²) in [4.78, 5) is 51.3. The Labute approximate surface area is 359 Å². The molecule has 0 saturated carbocycles. The van der Waals surface area contributed by atoms with Crippen LogP contribution < -0.4 is 29.4 Å². The SMILES string of the molecule is O=P([O-])([O-])[O-].O=P([O-])([O-])[O-].[Ca+2].[Ca+2].[Ca+2].[H-].[H-].[H-].[H-].[H-].[H-].[Sr+2].[Sr+2].[Sr+2].[Zn].[Zn].[Zn]. The van der Waals surface area contributed by atoms with Gasteiger partial charge in [0.2, 0.25) is 0 Å². The summed E-state index contributed by atoms with van der Waals surface area (Å²) < 4.78 is 17.1. The molecule has 0 aromatic rings. The third-order valence-electron chi connectivity index (χ3n) is 0. The summed E-state index contributed by atoms with van der Waals surface area (Å²) in [6.45, 7) is 0. The number of phosphoric acid groups is 2. The van der Waals surface area contributed by atoms with E-state index < -0.39 is 15.6 Å². The quantitative estimate of drug-likeness (QED) is 0.173. The van der Waals surface area contributed by atoms with Gasteiger partial charge in [0.15, 0.2) is 0 Å². The van der Waals surface area contributed by atoms with E-state index >= 15 is 0 Å². The van der Waals surface area contributed by atoms with Crippen LogP contribution >= 0.6 is 15.6 Å². The predicted molar refractivity (Wildman–Crippen MR) is 56.4 cm³/mol. The normalized spacial score (nSPS) is 6.21. The van der Waals surface area contributed by atoms with Gasteiger partial charge < -0.3 is 47.1 Å². The molecule has 0 saturated heterocycles. The van der Waals surface area contributed by atoms with Crippen molar-refractivity contribution in [2.45, 2.75) is 0 Å². The van der Waals surface area contributed by atoms with E-state index in [2.05, 4.69) is 0 Å². The van der Waals surface area contributed by atoms with Gasteiger partial charge in [-0.05, 0) is 0 Å². The van der Waals surface area contributed by atoms with Gasteiger partial charge in [0, 0.05) is 58.4 Å².